The van der Waals surface area contributed by atoms with E-state index >= 15 is 0 Å². The van der Waals surface area contributed by atoms with Crippen molar-refractivity contribution < 1.29 is 9.90 Å². The minimum Gasteiger partial charge on any atom is -0.481 e. The van der Waals surface area contributed by atoms with E-state index in [4.69, 9.17) is 5.11 Å². The van der Waals surface area contributed by atoms with Gasteiger partial charge in [-0.15, -0.1) is 0 Å². The van der Waals surface area contributed by atoms with Gasteiger partial charge in [0.15, 0.2) is 0 Å². The van der Waals surface area contributed by atoms with E-state index in [2.05, 4.69) is 13.8 Å². The molecule has 88 valence electrons. The summed E-state index contributed by atoms with van der Waals surface area (Å²) in [5, 5.41) is 8.83. The maximum absolute atomic E-state index is 10.7. The zero-order chi connectivity index (χ0) is 11.3. The highest BCUT2D eigenvalue weighted by Crippen LogP contribution is 2.36. The van der Waals surface area contributed by atoms with Crippen molar-refractivity contribution in [3.63, 3.8) is 0 Å². The number of carbonyl (C=O) groups is 1. The van der Waals surface area contributed by atoms with E-state index in [1.165, 1.54) is 32.1 Å². The molecule has 15 heavy (non-hydrogen) atoms. The summed E-state index contributed by atoms with van der Waals surface area (Å²) in [5.41, 5.74) is 0. The summed E-state index contributed by atoms with van der Waals surface area (Å²) < 4.78 is 0. The van der Waals surface area contributed by atoms with Gasteiger partial charge in [-0.2, -0.15) is 0 Å². The molecule has 1 rings (SSSR count). The van der Waals surface area contributed by atoms with Gasteiger partial charge < -0.3 is 5.11 Å². The molecule has 0 heterocycles. The smallest absolute Gasteiger partial charge is 0.303 e. The molecule has 2 unspecified atom stereocenters. The molecule has 1 N–H and O–H groups in total. The number of aliphatic carboxylic acids is 1. The highest BCUT2D eigenvalue weighted by Gasteiger charge is 2.27. The van der Waals surface area contributed by atoms with Crippen LogP contribution in [0.15, 0.2) is 0 Å². The summed E-state index contributed by atoms with van der Waals surface area (Å²) in [4.78, 5) is 10.7. The van der Waals surface area contributed by atoms with Gasteiger partial charge in [0.25, 0.3) is 0 Å². The van der Waals surface area contributed by atoms with E-state index in [1.54, 1.807) is 0 Å². The standard InChI is InChI=1S/C13H24O2/c1-3-12(10(2)9-13(14)15)11-7-5-4-6-8-11/h10-12H,3-9H2,1-2H3,(H,14,15). The predicted octanol–water partition coefficient (Wildman–Crippen LogP) is 3.70. The number of hydrogen-bond acceptors (Lipinski definition) is 1. The minimum atomic E-state index is -0.642. The van der Waals surface area contributed by atoms with E-state index in [9.17, 15) is 4.79 Å². The molecule has 1 fully saturated rings. The fraction of sp³-hybridized carbons (Fsp3) is 0.923. The molecule has 2 nitrogen and oxygen atoms in total. The second-order valence-electron chi connectivity index (χ2n) is 5.05. The van der Waals surface area contributed by atoms with Crippen LogP contribution in [0, 0.1) is 17.8 Å². The van der Waals surface area contributed by atoms with Gasteiger partial charge in [-0.3, -0.25) is 4.79 Å². The van der Waals surface area contributed by atoms with Gasteiger partial charge in [-0.05, 0) is 17.8 Å². The van der Waals surface area contributed by atoms with Crippen LogP contribution >= 0.6 is 0 Å². The molecule has 0 aliphatic heterocycles. The van der Waals surface area contributed by atoms with Gasteiger partial charge in [0, 0.05) is 6.42 Å². The largest absolute Gasteiger partial charge is 0.481 e. The van der Waals surface area contributed by atoms with Crippen LogP contribution in [0.4, 0.5) is 0 Å². The van der Waals surface area contributed by atoms with E-state index in [1.807, 2.05) is 0 Å². The highest BCUT2D eigenvalue weighted by atomic mass is 16.4. The maximum atomic E-state index is 10.7. The molecule has 0 aromatic heterocycles. The molecule has 2 heteroatoms. The van der Waals surface area contributed by atoms with Gasteiger partial charge in [0.2, 0.25) is 0 Å². The molecular formula is C13H24O2. The Balaban J connectivity index is 2.48. The lowest BCUT2D eigenvalue weighted by Crippen LogP contribution is -2.25. The topological polar surface area (TPSA) is 37.3 Å². The summed E-state index contributed by atoms with van der Waals surface area (Å²) >= 11 is 0. The van der Waals surface area contributed by atoms with Crippen molar-refractivity contribution in [2.24, 2.45) is 17.8 Å². The lowest BCUT2D eigenvalue weighted by Gasteiger charge is -2.33. The zero-order valence-electron chi connectivity index (χ0n) is 10.0. The minimum absolute atomic E-state index is 0.342. The third-order valence-electron chi connectivity index (χ3n) is 3.95. The Hall–Kier alpha value is -0.530. The van der Waals surface area contributed by atoms with Crippen LogP contribution in [0.3, 0.4) is 0 Å². The summed E-state index contributed by atoms with van der Waals surface area (Å²) in [7, 11) is 0. The Morgan fingerprint density at radius 1 is 1.33 bits per heavy atom. The molecule has 1 aliphatic carbocycles. The van der Waals surface area contributed by atoms with Crippen LogP contribution in [0.25, 0.3) is 0 Å². The molecule has 0 aromatic rings. The van der Waals surface area contributed by atoms with Gasteiger partial charge in [-0.25, -0.2) is 0 Å². The van der Waals surface area contributed by atoms with E-state index < -0.39 is 5.97 Å². The van der Waals surface area contributed by atoms with Crippen molar-refractivity contribution in [2.75, 3.05) is 0 Å². The van der Waals surface area contributed by atoms with Crippen LogP contribution in [0.1, 0.15) is 58.8 Å². The Morgan fingerprint density at radius 3 is 2.40 bits per heavy atom. The van der Waals surface area contributed by atoms with E-state index in [-0.39, 0.29) is 0 Å². The van der Waals surface area contributed by atoms with Crippen molar-refractivity contribution >= 4 is 5.97 Å². The molecule has 0 amide bonds. The third kappa shape index (κ3) is 3.84. The van der Waals surface area contributed by atoms with Crippen LogP contribution < -0.4 is 0 Å². The monoisotopic (exact) mass is 212 g/mol. The SMILES string of the molecule is CCC(C(C)CC(=O)O)C1CCCCC1. The van der Waals surface area contributed by atoms with Crippen molar-refractivity contribution in [2.45, 2.75) is 58.8 Å². The maximum Gasteiger partial charge on any atom is 0.303 e. The molecule has 0 spiro atoms. The molecule has 1 aliphatic rings. The van der Waals surface area contributed by atoms with Crippen molar-refractivity contribution in [3.8, 4) is 0 Å². The number of carboxylic acids is 1. The third-order valence-corrected chi connectivity index (χ3v) is 3.95. The van der Waals surface area contributed by atoms with Gasteiger partial charge in [0.05, 0.1) is 0 Å². The first-order chi connectivity index (χ1) is 7.15. The number of carboxylic acid groups (broad SMARTS) is 1. The van der Waals surface area contributed by atoms with Crippen molar-refractivity contribution in [1.29, 1.82) is 0 Å². The Bertz CT molecular complexity index is 195. The summed E-state index contributed by atoms with van der Waals surface area (Å²) in [6.45, 7) is 4.31. The van der Waals surface area contributed by atoms with Gasteiger partial charge >= 0.3 is 5.97 Å². The first-order valence-corrected chi connectivity index (χ1v) is 6.37. The molecule has 1 saturated carbocycles. The normalized spacial score (nSPS) is 22.3. The first-order valence-electron chi connectivity index (χ1n) is 6.37. The summed E-state index contributed by atoms with van der Waals surface area (Å²) in [6.07, 6.45) is 8.20. The van der Waals surface area contributed by atoms with Crippen molar-refractivity contribution in [1.82, 2.24) is 0 Å². The van der Waals surface area contributed by atoms with Gasteiger partial charge in [0.1, 0.15) is 0 Å². The quantitative estimate of drug-likeness (QED) is 0.754. The fourth-order valence-corrected chi connectivity index (χ4v) is 3.19. The van der Waals surface area contributed by atoms with Crippen molar-refractivity contribution in [3.05, 3.63) is 0 Å². The van der Waals surface area contributed by atoms with E-state index in [0.717, 1.165) is 12.3 Å². The average molecular weight is 212 g/mol. The zero-order valence-corrected chi connectivity index (χ0v) is 10.0. The molecule has 0 aromatic carbocycles. The Labute approximate surface area is 93.1 Å². The van der Waals surface area contributed by atoms with Crippen LogP contribution in [0.5, 0.6) is 0 Å². The van der Waals surface area contributed by atoms with Crippen LogP contribution in [-0.4, -0.2) is 11.1 Å². The van der Waals surface area contributed by atoms with Gasteiger partial charge in [-0.1, -0.05) is 52.4 Å². The molecule has 0 radical (unpaired) electrons. The van der Waals surface area contributed by atoms with Crippen LogP contribution in [0.2, 0.25) is 0 Å². The van der Waals surface area contributed by atoms with E-state index in [0.29, 0.717) is 18.3 Å². The second kappa shape index (κ2) is 6.14. The summed E-state index contributed by atoms with van der Waals surface area (Å²) in [5.74, 6) is 1.12. The lowest BCUT2D eigenvalue weighted by atomic mass is 9.72. The molecular weight excluding hydrogens is 188 g/mol. The Kier molecular flexibility index (Phi) is 5.13. The molecule has 0 saturated heterocycles. The average Bonchev–Trinajstić information content (AvgIpc) is 2.19. The molecule has 2 atom stereocenters. The lowest BCUT2D eigenvalue weighted by molar-refractivity contribution is -0.138. The highest BCUT2D eigenvalue weighted by molar-refractivity contribution is 5.66. The fourth-order valence-electron chi connectivity index (χ4n) is 3.19. The second-order valence-corrected chi connectivity index (χ2v) is 5.05. The number of hydrogen-bond donors (Lipinski definition) is 1. The predicted molar refractivity (Wildman–Crippen MR) is 61.8 cm³/mol. The summed E-state index contributed by atoms with van der Waals surface area (Å²) in [6, 6.07) is 0. The van der Waals surface area contributed by atoms with Crippen LogP contribution in [-0.2, 0) is 4.79 Å². The first kappa shape index (κ1) is 12.5. The Morgan fingerprint density at radius 2 is 1.93 bits per heavy atom. The molecule has 0 bridgehead atoms. The number of rotatable bonds is 5.